The molecule has 0 unspecified atom stereocenters. The lowest BCUT2D eigenvalue weighted by Crippen LogP contribution is -3.11. The number of hydrogen-bond donors (Lipinski definition) is 2. The molecule has 1 fully saturated rings. The van der Waals surface area contributed by atoms with E-state index in [4.69, 9.17) is 0 Å². The Labute approximate surface area is 166 Å². The standard InChI is InChI=1S/C22H33F3N2O/c1-3-5-6-17(4-2)15-26-21(28)19-11-13-27(14-12-19)16-18-7-9-20(10-8-18)22(23,24)25/h7-10,17,19H,3-6,11-16H2,1-2H3,(H,26,28)/p+1/t17-/m1/s1. The summed E-state index contributed by atoms with van der Waals surface area (Å²) in [5, 5.41) is 3.14. The highest BCUT2D eigenvalue weighted by Crippen LogP contribution is 2.29. The molecular formula is C22H34F3N2O+. The van der Waals surface area contributed by atoms with Crippen molar-refractivity contribution in [1.82, 2.24) is 5.32 Å². The van der Waals surface area contributed by atoms with Crippen molar-refractivity contribution in [2.75, 3.05) is 19.6 Å². The predicted molar refractivity (Wildman–Crippen MR) is 105 cm³/mol. The Morgan fingerprint density at radius 2 is 1.82 bits per heavy atom. The number of hydrogen-bond acceptors (Lipinski definition) is 1. The van der Waals surface area contributed by atoms with E-state index in [-0.39, 0.29) is 11.8 Å². The van der Waals surface area contributed by atoms with Crippen LogP contribution in [0.3, 0.4) is 0 Å². The molecule has 1 aromatic rings. The van der Waals surface area contributed by atoms with E-state index in [1.165, 1.54) is 24.2 Å². The van der Waals surface area contributed by atoms with E-state index in [0.717, 1.165) is 56.6 Å². The van der Waals surface area contributed by atoms with Crippen molar-refractivity contribution in [2.45, 2.75) is 65.1 Å². The number of carbonyl (C=O) groups excluding carboxylic acids is 1. The van der Waals surface area contributed by atoms with Gasteiger partial charge in [-0.2, -0.15) is 13.2 Å². The zero-order valence-electron chi connectivity index (χ0n) is 17.1. The van der Waals surface area contributed by atoms with Gasteiger partial charge in [0, 0.05) is 30.9 Å². The van der Waals surface area contributed by atoms with Crippen molar-refractivity contribution in [3.8, 4) is 0 Å². The molecule has 0 spiro atoms. The Morgan fingerprint density at radius 1 is 1.18 bits per heavy atom. The molecule has 1 heterocycles. The molecule has 6 heteroatoms. The summed E-state index contributed by atoms with van der Waals surface area (Å²) in [6.45, 7) is 7.61. The highest BCUT2D eigenvalue weighted by atomic mass is 19.4. The lowest BCUT2D eigenvalue weighted by atomic mass is 9.94. The number of halogens is 3. The first kappa shape index (κ1) is 22.7. The van der Waals surface area contributed by atoms with E-state index in [0.29, 0.717) is 12.5 Å². The molecule has 2 rings (SSSR count). The fourth-order valence-electron chi connectivity index (χ4n) is 3.90. The Morgan fingerprint density at radius 3 is 2.36 bits per heavy atom. The van der Waals surface area contributed by atoms with Gasteiger partial charge in [-0.25, -0.2) is 0 Å². The maximum Gasteiger partial charge on any atom is 0.416 e. The third-order valence-electron chi connectivity index (χ3n) is 5.91. The second-order valence-electron chi connectivity index (χ2n) is 8.06. The molecule has 0 aliphatic carbocycles. The van der Waals surface area contributed by atoms with Gasteiger partial charge in [0.05, 0.1) is 18.7 Å². The number of amides is 1. The predicted octanol–water partition coefficient (Wildman–Crippen LogP) is 3.83. The summed E-state index contributed by atoms with van der Waals surface area (Å²) < 4.78 is 38.0. The van der Waals surface area contributed by atoms with Crippen LogP contribution in [-0.2, 0) is 17.5 Å². The van der Waals surface area contributed by atoms with Crippen LogP contribution in [-0.4, -0.2) is 25.5 Å². The van der Waals surface area contributed by atoms with Gasteiger partial charge in [0.25, 0.3) is 0 Å². The molecule has 2 N–H and O–H groups in total. The minimum Gasteiger partial charge on any atom is -0.356 e. The van der Waals surface area contributed by atoms with Crippen LogP contribution in [0.1, 0.15) is 63.5 Å². The molecule has 0 radical (unpaired) electrons. The first-order valence-electron chi connectivity index (χ1n) is 10.6. The van der Waals surface area contributed by atoms with Crippen LogP contribution in [0.25, 0.3) is 0 Å². The first-order valence-corrected chi connectivity index (χ1v) is 10.6. The van der Waals surface area contributed by atoms with Crippen molar-refractivity contribution in [3.63, 3.8) is 0 Å². The molecule has 1 aliphatic rings. The van der Waals surface area contributed by atoms with Gasteiger partial charge in [0.1, 0.15) is 6.54 Å². The molecule has 1 atom stereocenters. The summed E-state index contributed by atoms with van der Waals surface area (Å²) in [6, 6.07) is 5.43. The van der Waals surface area contributed by atoms with Crippen LogP contribution in [0.4, 0.5) is 13.2 Å². The molecule has 1 aromatic carbocycles. The topological polar surface area (TPSA) is 33.5 Å². The fraction of sp³-hybridized carbons (Fsp3) is 0.682. The average Bonchev–Trinajstić information content (AvgIpc) is 2.68. The molecule has 28 heavy (non-hydrogen) atoms. The van der Waals surface area contributed by atoms with Crippen molar-refractivity contribution >= 4 is 5.91 Å². The molecule has 1 saturated heterocycles. The summed E-state index contributed by atoms with van der Waals surface area (Å²) in [6.07, 6.45) is 2.05. The molecule has 3 nitrogen and oxygen atoms in total. The van der Waals surface area contributed by atoms with Gasteiger partial charge < -0.3 is 10.2 Å². The van der Waals surface area contributed by atoms with Crippen LogP contribution in [0.5, 0.6) is 0 Å². The highest BCUT2D eigenvalue weighted by molar-refractivity contribution is 5.78. The number of unbranched alkanes of at least 4 members (excludes halogenated alkanes) is 1. The van der Waals surface area contributed by atoms with Crippen LogP contribution in [0.15, 0.2) is 24.3 Å². The van der Waals surface area contributed by atoms with Gasteiger partial charge >= 0.3 is 6.18 Å². The van der Waals surface area contributed by atoms with Crippen LogP contribution >= 0.6 is 0 Å². The quantitative estimate of drug-likeness (QED) is 0.650. The zero-order valence-corrected chi connectivity index (χ0v) is 17.1. The SMILES string of the molecule is CCCC[C@@H](CC)CNC(=O)C1CC[NH+](Cc2ccc(C(F)(F)F)cc2)CC1. The highest BCUT2D eigenvalue weighted by Gasteiger charge is 2.31. The maximum absolute atomic E-state index is 12.7. The van der Waals surface area contributed by atoms with Gasteiger partial charge in [-0.15, -0.1) is 0 Å². The summed E-state index contributed by atoms with van der Waals surface area (Å²) in [4.78, 5) is 13.8. The summed E-state index contributed by atoms with van der Waals surface area (Å²) in [7, 11) is 0. The van der Waals surface area contributed by atoms with Crippen molar-refractivity contribution in [1.29, 1.82) is 0 Å². The summed E-state index contributed by atoms with van der Waals surface area (Å²) in [5.74, 6) is 0.804. The molecule has 0 bridgehead atoms. The van der Waals surface area contributed by atoms with E-state index in [9.17, 15) is 18.0 Å². The fourth-order valence-corrected chi connectivity index (χ4v) is 3.90. The second kappa shape index (κ2) is 10.8. The first-order chi connectivity index (χ1) is 13.3. The van der Waals surface area contributed by atoms with Crippen molar-refractivity contribution in [2.24, 2.45) is 11.8 Å². The largest absolute Gasteiger partial charge is 0.416 e. The number of piperidine rings is 1. The average molecular weight is 400 g/mol. The van der Waals surface area contributed by atoms with Crippen molar-refractivity contribution in [3.05, 3.63) is 35.4 Å². The van der Waals surface area contributed by atoms with Gasteiger partial charge in [0.15, 0.2) is 0 Å². The van der Waals surface area contributed by atoms with E-state index in [2.05, 4.69) is 19.2 Å². The normalized spacial score (nSPS) is 21.3. The second-order valence-corrected chi connectivity index (χ2v) is 8.06. The van der Waals surface area contributed by atoms with E-state index < -0.39 is 11.7 Å². The molecule has 0 aromatic heterocycles. The van der Waals surface area contributed by atoms with Crippen LogP contribution < -0.4 is 10.2 Å². The Hall–Kier alpha value is -1.56. The Kier molecular flexibility index (Phi) is 8.80. The number of benzene rings is 1. The summed E-state index contributed by atoms with van der Waals surface area (Å²) in [5.41, 5.74) is 0.304. The van der Waals surface area contributed by atoms with Gasteiger partial charge in [0.2, 0.25) is 5.91 Å². The number of rotatable bonds is 9. The third-order valence-corrected chi connectivity index (χ3v) is 5.91. The minimum absolute atomic E-state index is 0.0695. The van der Waals surface area contributed by atoms with Gasteiger partial charge in [-0.3, -0.25) is 4.79 Å². The smallest absolute Gasteiger partial charge is 0.356 e. The number of alkyl halides is 3. The third kappa shape index (κ3) is 7.12. The number of quaternary nitrogens is 1. The molecular weight excluding hydrogens is 365 g/mol. The number of nitrogens with one attached hydrogen (secondary N) is 2. The number of likely N-dealkylation sites (tertiary alicyclic amines) is 1. The van der Waals surface area contributed by atoms with Gasteiger partial charge in [-0.05, 0) is 24.5 Å². The van der Waals surface area contributed by atoms with Crippen molar-refractivity contribution < 1.29 is 22.9 Å². The lowest BCUT2D eigenvalue weighted by molar-refractivity contribution is -0.919. The van der Waals surface area contributed by atoms with E-state index in [1.807, 2.05) is 0 Å². The Bertz CT molecular complexity index is 593. The van der Waals surface area contributed by atoms with Crippen LogP contribution in [0.2, 0.25) is 0 Å². The molecule has 1 aliphatic heterocycles. The lowest BCUT2D eigenvalue weighted by Gasteiger charge is -2.29. The number of carbonyl (C=O) groups is 1. The Balaban J connectivity index is 1.74. The zero-order chi connectivity index (χ0) is 20.6. The monoisotopic (exact) mass is 399 g/mol. The van der Waals surface area contributed by atoms with Crippen LogP contribution in [0, 0.1) is 11.8 Å². The molecule has 158 valence electrons. The summed E-state index contributed by atoms with van der Waals surface area (Å²) >= 11 is 0. The minimum atomic E-state index is -4.29. The molecule has 1 amide bonds. The van der Waals surface area contributed by atoms with E-state index in [1.54, 1.807) is 12.1 Å². The maximum atomic E-state index is 12.7. The molecule has 0 saturated carbocycles. The van der Waals surface area contributed by atoms with Gasteiger partial charge in [-0.1, -0.05) is 45.2 Å². The van der Waals surface area contributed by atoms with E-state index >= 15 is 0 Å².